The van der Waals surface area contributed by atoms with Crippen LogP contribution in [0.1, 0.15) is 25.0 Å². The van der Waals surface area contributed by atoms with Gasteiger partial charge in [-0.05, 0) is 31.0 Å². The summed E-state index contributed by atoms with van der Waals surface area (Å²) in [4.78, 5) is 26.7. The van der Waals surface area contributed by atoms with Crippen molar-refractivity contribution in [2.24, 2.45) is 0 Å². The third-order valence-electron chi connectivity index (χ3n) is 4.44. The van der Waals surface area contributed by atoms with E-state index in [2.05, 4.69) is 31.7 Å². The van der Waals surface area contributed by atoms with Gasteiger partial charge >= 0.3 is 0 Å². The molecular weight excluding hydrogens is 352 g/mol. The minimum Gasteiger partial charge on any atom is -0.323 e. The zero-order chi connectivity index (χ0) is 17.9. The van der Waals surface area contributed by atoms with Crippen LogP contribution in [0.3, 0.4) is 0 Å². The fourth-order valence-electron chi connectivity index (χ4n) is 3.17. The molecule has 2 aliphatic heterocycles. The van der Waals surface area contributed by atoms with Crippen LogP contribution < -0.4 is 15.5 Å². The molecule has 2 N–H and O–H groups in total. The topological polar surface area (TPSA) is 83.0 Å². The normalized spacial score (nSPS) is 17.3. The molecule has 1 fully saturated rings. The number of nitrogens with zero attached hydrogens (tertiary/aromatic N) is 4. The highest BCUT2D eigenvalue weighted by atomic mass is 35.5. The molecule has 0 spiro atoms. The molecule has 0 unspecified atom stereocenters. The lowest BCUT2D eigenvalue weighted by Crippen LogP contribution is -2.23. The van der Waals surface area contributed by atoms with Gasteiger partial charge in [-0.2, -0.15) is 0 Å². The Morgan fingerprint density at radius 2 is 2.19 bits per heavy atom. The molecule has 0 bridgehead atoms. The number of pyridine rings is 1. The predicted octanol–water partition coefficient (Wildman–Crippen LogP) is 2.77. The van der Waals surface area contributed by atoms with E-state index in [0.717, 1.165) is 55.1 Å². The standard InChI is InChI=1S/C18H19ClN6O/c19-15-11-22-18(24-17(15)12-3-1-5-20-8-12)23-13-7-14(10-21-9-13)25-6-2-4-16(25)26/h3,7,9-11,20H,1-2,4-6,8H2,(H,22,23,24). The molecule has 4 heterocycles. The fraction of sp³-hybridized carbons (Fsp3) is 0.333. The second kappa shape index (κ2) is 7.39. The van der Waals surface area contributed by atoms with E-state index in [1.54, 1.807) is 23.5 Å². The predicted molar refractivity (Wildman–Crippen MR) is 102 cm³/mol. The van der Waals surface area contributed by atoms with Crippen molar-refractivity contribution in [3.05, 3.63) is 41.4 Å². The summed E-state index contributed by atoms with van der Waals surface area (Å²) in [5.41, 5.74) is 3.31. The lowest BCUT2D eigenvalue weighted by atomic mass is 10.1. The fourth-order valence-corrected chi connectivity index (χ4v) is 3.38. The van der Waals surface area contributed by atoms with E-state index in [1.807, 2.05) is 6.07 Å². The molecule has 0 aromatic carbocycles. The molecule has 134 valence electrons. The first kappa shape index (κ1) is 16.9. The second-order valence-corrected chi connectivity index (χ2v) is 6.70. The SMILES string of the molecule is O=C1CCCN1c1cncc(Nc2ncc(Cl)c(C3=CCCNC3)n2)c1. The minimum absolute atomic E-state index is 0.130. The third kappa shape index (κ3) is 3.54. The van der Waals surface area contributed by atoms with Crippen LogP contribution in [0.2, 0.25) is 5.02 Å². The van der Waals surface area contributed by atoms with Gasteiger partial charge in [0, 0.05) is 19.5 Å². The molecule has 8 heteroatoms. The highest BCUT2D eigenvalue weighted by molar-refractivity contribution is 6.32. The highest BCUT2D eigenvalue weighted by Gasteiger charge is 2.22. The highest BCUT2D eigenvalue weighted by Crippen LogP contribution is 2.27. The summed E-state index contributed by atoms with van der Waals surface area (Å²) in [6, 6.07) is 1.88. The quantitative estimate of drug-likeness (QED) is 0.861. The molecule has 0 radical (unpaired) electrons. The van der Waals surface area contributed by atoms with Crippen LogP contribution >= 0.6 is 11.6 Å². The van der Waals surface area contributed by atoms with Crippen LogP contribution in [0.15, 0.2) is 30.7 Å². The van der Waals surface area contributed by atoms with Gasteiger partial charge in [0.2, 0.25) is 11.9 Å². The summed E-state index contributed by atoms with van der Waals surface area (Å²) in [5.74, 6) is 0.577. The largest absolute Gasteiger partial charge is 0.323 e. The van der Waals surface area contributed by atoms with Crippen molar-refractivity contribution in [1.29, 1.82) is 0 Å². The number of hydrogen-bond donors (Lipinski definition) is 2. The van der Waals surface area contributed by atoms with Crippen LogP contribution in [-0.2, 0) is 4.79 Å². The van der Waals surface area contributed by atoms with Crippen LogP contribution in [0.5, 0.6) is 0 Å². The second-order valence-electron chi connectivity index (χ2n) is 6.29. The van der Waals surface area contributed by atoms with Crippen LogP contribution in [0.25, 0.3) is 5.57 Å². The van der Waals surface area contributed by atoms with Crippen molar-refractivity contribution in [1.82, 2.24) is 20.3 Å². The monoisotopic (exact) mass is 370 g/mol. The van der Waals surface area contributed by atoms with Crippen molar-refractivity contribution in [3.63, 3.8) is 0 Å². The zero-order valence-electron chi connectivity index (χ0n) is 14.2. The molecule has 7 nitrogen and oxygen atoms in total. The number of nitrogens with one attached hydrogen (secondary N) is 2. The van der Waals surface area contributed by atoms with Gasteiger partial charge in [-0.1, -0.05) is 17.7 Å². The van der Waals surface area contributed by atoms with E-state index < -0.39 is 0 Å². The number of rotatable bonds is 4. The summed E-state index contributed by atoms with van der Waals surface area (Å²) in [5, 5.41) is 7.01. The minimum atomic E-state index is 0.130. The van der Waals surface area contributed by atoms with E-state index in [0.29, 0.717) is 17.4 Å². The average molecular weight is 371 g/mol. The van der Waals surface area contributed by atoms with Gasteiger partial charge in [0.25, 0.3) is 0 Å². The Hall–Kier alpha value is -2.51. The third-order valence-corrected chi connectivity index (χ3v) is 4.72. The number of anilines is 3. The average Bonchev–Trinajstić information content (AvgIpc) is 3.10. The van der Waals surface area contributed by atoms with E-state index in [1.165, 1.54) is 0 Å². The van der Waals surface area contributed by atoms with Gasteiger partial charge in [-0.25, -0.2) is 9.97 Å². The number of hydrogen-bond acceptors (Lipinski definition) is 6. The van der Waals surface area contributed by atoms with Crippen molar-refractivity contribution >= 4 is 40.4 Å². The molecule has 4 rings (SSSR count). The van der Waals surface area contributed by atoms with E-state index in [9.17, 15) is 4.79 Å². The lowest BCUT2D eigenvalue weighted by molar-refractivity contribution is -0.117. The first-order chi connectivity index (χ1) is 12.7. The summed E-state index contributed by atoms with van der Waals surface area (Å²) in [6.45, 7) is 2.43. The van der Waals surface area contributed by atoms with Crippen LogP contribution in [0.4, 0.5) is 17.3 Å². The molecule has 1 amide bonds. The Balaban J connectivity index is 1.58. The number of halogens is 1. The summed E-state index contributed by atoms with van der Waals surface area (Å²) in [7, 11) is 0. The number of carbonyl (C=O) groups is 1. The molecule has 2 aromatic heterocycles. The molecule has 2 aliphatic rings. The molecule has 0 atom stereocenters. The Bertz CT molecular complexity index is 869. The van der Waals surface area contributed by atoms with Gasteiger partial charge in [-0.3, -0.25) is 9.78 Å². The smallest absolute Gasteiger partial charge is 0.227 e. The Morgan fingerprint density at radius 3 is 2.96 bits per heavy atom. The molecule has 2 aromatic rings. The van der Waals surface area contributed by atoms with Gasteiger partial charge < -0.3 is 15.5 Å². The molecule has 1 saturated heterocycles. The van der Waals surface area contributed by atoms with Gasteiger partial charge in [0.15, 0.2) is 0 Å². The molecule has 26 heavy (non-hydrogen) atoms. The molecule has 0 saturated carbocycles. The van der Waals surface area contributed by atoms with Crippen molar-refractivity contribution in [2.75, 3.05) is 29.9 Å². The van der Waals surface area contributed by atoms with Crippen molar-refractivity contribution in [3.8, 4) is 0 Å². The molecular formula is C18H19ClN6O. The maximum atomic E-state index is 11.9. The lowest BCUT2D eigenvalue weighted by Gasteiger charge is -2.17. The van der Waals surface area contributed by atoms with Crippen molar-refractivity contribution < 1.29 is 4.79 Å². The summed E-state index contributed by atoms with van der Waals surface area (Å²) >= 11 is 6.28. The van der Waals surface area contributed by atoms with E-state index in [4.69, 9.17) is 11.6 Å². The van der Waals surface area contributed by atoms with Crippen LogP contribution in [0, 0.1) is 0 Å². The number of carbonyl (C=O) groups excluding carboxylic acids is 1. The van der Waals surface area contributed by atoms with Gasteiger partial charge in [0.05, 0.1) is 40.7 Å². The number of aromatic nitrogens is 3. The first-order valence-electron chi connectivity index (χ1n) is 8.66. The van der Waals surface area contributed by atoms with Crippen molar-refractivity contribution in [2.45, 2.75) is 19.3 Å². The zero-order valence-corrected chi connectivity index (χ0v) is 15.0. The van der Waals surface area contributed by atoms with Crippen LogP contribution in [-0.4, -0.2) is 40.5 Å². The Labute approximate surface area is 156 Å². The molecule has 0 aliphatic carbocycles. The summed E-state index contributed by atoms with van der Waals surface area (Å²) in [6.07, 6.45) is 9.55. The van der Waals surface area contributed by atoms with Gasteiger partial charge in [0.1, 0.15) is 0 Å². The van der Waals surface area contributed by atoms with E-state index in [-0.39, 0.29) is 5.91 Å². The summed E-state index contributed by atoms with van der Waals surface area (Å²) < 4.78 is 0. The van der Waals surface area contributed by atoms with Gasteiger partial charge in [-0.15, -0.1) is 0 Å². The number of amides is 1. The van der Waals surface area contributed by atoms with E-state index >= 15 is 0 Å². The maximum Gasteiger partial charge on any atom is 0.227 e. The Morgan fingerprint density at radius 1 is 1.27 bits per heavy atom. The maximum absolute atomic E-state index is 11.9. The Kier molecular flexibility index (Phi) is 4.81. The first-order valence-corrected chi connectivity index (χ1v) is 9.03.